The normalized spacial score (nSPS) is 24.8. The zero-order valence-corrected chi connectivity index (χ0v) is 11.9. The van der Waals surface area contributed by atoms with E-state index in [0.717, 1.165) is 24.0 Å². The molecule has 0 bridgehead atoms. The van der Waals surface area contributed by atoms with E-state index in [0.29, 0.717) is 0 Å². The number of halogens is 1. The molecule has 0 N–H and O–H groups in total. The molecule has 17 heavy (non-hydrogen) atoms. The van der Waals surface area contributed by atoms with Crippen LogP contribution >= 0.6 is 15.9 Å². The Morgan fingerprint density at radius 1 is 1.18 bits per heavy atom. The standard InChI is InChI=1S/C15H21BrO/c16-15-8-4-7-13(11-15)9-10-17-12-14-5-2-1-3-6-14/h1-3,5-6,13,15H,4,7-12H2. The fraction of sp³-hybridized carbons (Fsp3) is 0.600. The highest BCUT2D eigenvalue weighted by Crippen LogP contribution is 2.30. The van der Waals surface area contributed by atoms with Gasteiger partial charge in [-0.15, -0.1) is 0 Å². The van der Waals surface area contributed by atoms with Gasteiger partial charge in [0.25, 0.3) is 0 Å². The molecule has 1 aromatic rings. The third-order valence-corrected chi connectivity index (χ3v) is 4.33. The first-order chi connectivity index (χ1) is 8.34. The topological polar surface area (TPSA) is 9.23 Å². The summed E-state index contributed by atoms with van der Waals surface area (Å²) < 4.78 is 5.74. The zero-order valence-electron chi connectivity index (χ0n) is 10.3. The van der Waals surface area contributed by atoms with Crippen LogP contribution in [0.1, 0.15) is 37.7 Å². The van der Waals surface area contributed by atoms with Crippen LogP contribution in [0.3, 0.4) is 0 Å². The van der Waals surface area contributed by atoms with Crippen LogP contribution in [0.25, 0.3) is 0 Å². The van der Waals surface area contributed by atoms with Crippen LogP contribution in [0.15, 0.2) is 30.3 Å². The molecule has 0 aliphatic heterocycles. The van der Waals surface area contributed by atoms with Crippen molar-refractivity contribution in [3.8, 4) is 0 Å². The summed E-state index contributed by atoms with van der Waals surface area (Å²) in [6.45, 7) is 1.66. The Labute approximate surface area is 113 Å². The van der Waals surface area contributed by atoms with Crippen LogP contribution in [-0.2, 0) is 11.3 Å². The molecule has 94 valence electrons. The fourth-order valence-corrected chi connectivity index (χ4v) is 3.35. The summed E-state index contributed by atoms with van der Waals surface area (Å²) >= 11 is 3.73. The lowest BCUT2D eigenvalue weighted by atomic mass is 9.87. The largest absolute Gasteiger partial charge is 0.377 e. The summed E-state index contributed by atoms with van der Waals surface area (Å²) in [6.07, 6.45) is 6.65. The first-order valence-corrected chi connectivity index (χ1v) is 7.52. The van der Waals surface area contributed by atoms with Gasteiger partial charge in [-0.1, -0.05) is 59.1 Å². The van der Waals surface area contributed by atoms with Gasteiger partial charge in [0.15, 0.2) is 0 Å². The fourth-order valence-electron chi connectivity index (χ4n) is 2.50. The number of benzene rings is 1. The van der Waals surface area contributed by atoms with Crippen molar-refractivity contribution >= 4 is 15.9 Å². The molecule has 2 unspecified atom stereocenters. The third kappa shape index (κ3) is 4.81. The number of ether oxygens (including phenoxy) is 1. The van der Waals surface area contributed by atoms with E-state index < -0.39 is 0 Å². The molecule has 1 aliphatic rings. The maximum atomic E-state index is 5.74. The Bertz CT molecular complexity index is 312. The van der Waals surface area contributed by atoms with Crippen molar-refractivity contribution in [2.45, 2.75) is 43.5 Å². The van der Waals surface area contributed by atoms with Crippen molar-refractivity contribution in [1.82, 2.24) is 0 Å². The van der Waals surface area contributed by atoms with Crippen molar-refractivity contribution in [2.75, 3.05) is 6.61 Å². The molecule has 0 spiro atoms. The molecule has 0 aromatic heterocycles. The second-order valence-corrected chi connectivity index (χ2v) is 6.25. The van der Waals surface area contributed by atoms with E-state index >= 15 is 0 Å². The van der Waals surface area contributed by atoms with E-state index in [-0.39, 0.29) is 0 Å². The molecule has 0 saturated heterocycles. The second-order valence-electron chi connectivity index (χ2n) is 4.96. The smallest absolute Gasteiger partial charge is 0.0716 e. The van der Waals surface area contributed by atoms with Crippen molar-refractivity contribution < 1.29 is 4.74 Å². The molecule has 0 amide bonds. The average Bonchev–Trinajstić information content (AvgIpc) is 2.36. The Morgan fingerprint density at radius 3 is 2.76 bits per heavy atom. The van der Waals surface area contributed by atoms with Gasteiger partial charge in [0.1, 0.15) is 0 Å². The highest BCUT2D eigenvalue weighted by molar-refractivity contribution is 9.09. The number of hydrogen-bond acceptors (Lipinski definition) is 1. The SMILES string of the molecule is BrC1CCCC(CCOCc2ccccc2)C1. The van der Waals surface area contributed by atoms with E-state index in [9.17, 15) is 0 Å². The molecule has 1 saturated carbocycles. The van der Waals surface area contributed by atoms with Gasteiger partial charge in [-0.2, -0.15) is 0 Å². The molecule has 1 aliphatic carbocycles. The van der Waals surface area contributed by atoms with Gasteiger partial charge in [0.2, 0.25) is 0 Å². The minimum atomic E-state index is 0.746. The van der Waals surface area contributed by atoms with Crippen LogP contribution in [0.4, 0.5) is 0 Å². The van der Waals surface area contributed by atoms with E-state index in [1.807, 2.05) is 6.07 Å². The molecule has 2 atom stereocenters. The maximum Gasteiger partial charge on any atom is 0.0716 e. The van der Waals surface area contributed by atoms with Crippen LogP contribution in [0.5, 0.6) is 0 Å². The Morgan fingerprint density at radius 2 is 2.00 bits per heavy atom. The lowest BCUT2D eigenvalue weighted by Crippen LogP contribution is -2.16. The molecule has 0 heterocycles. The number of hydrogen-bond donors (Lipinski definition) is 0. The molecular weight excluding hydrogens is 276 g/mol. The van der Waals surface area contributed by atoms with Crippen LogP contribution in [0.2, 0.25) is 0 Å². The predicted molar refractivity (Wildman–Crippen MR) is 75.4 cm³/mol. The van der Waals surface area contributed by atoms with E-state index in [1.165, 1.54) is 37.7 Å². The van der Waals surface area contributed by atoms with Gasteiger partial charge in [0.05, 0.1) is 6.61 Å². The lowest BCUT2D eigenvalue weighted by molar-refractivity contribution is 0.102. The van der Waals surface area contributed by atoms with Crippen LogP contribution < -0.4 is 0 Å². The van der Waals surface area contributed by atoms with Gasteiger partial charge in [0, 0.05) is 11.4 Å². The van der Waals surface area contributed by atoms with E-state index in [4.69, 9.17) is 4.74 Å². The van der Waals surface area contributed by atoms with Crippen LogP contribution in [-0.4, -0.2) is 11.4 Å². The van der Waals surface area contributed by atoms with Gasteiger partial charge >= 0.3 is 0 Å². The number of rotatable bonds is 5. The quantitative estimate of drug-likeness (QED) is 0.572. The molecule has 1 aromatic carbocycles. The Hall–Kier alpha value is -0.340. The first-order valence-electron chi connectivity index (χ1n) is 6.60. The molecular formula is C15H21BrO. The Kier molecular flexibility index (Phi) is 5.53. The molecule has 1 nitrogen and oxygen atoms in total. The molecule has 1 fully saturated rings. The zero-order chi connectivity index (χ0) is 11.9. The minimum absolute atomic E-state index is 0.746. The van der Waals surface area contributed by atoms with Crippen molar-refractivity contribution in [1.29, 1.82) is 0 Å². The predicted octanol–water partition coefficient (Wildman–Crippen LogP) is 4.55. The number of alkyl halides is 1. The second kappa shape index (κ2) is 7.17. The van der Waals surface area contributed by atoms with Gasteiger partial charge < -0.3 is 4.74 Å². The average molecular weight is 297 g/mol. The highest BCUT2D eigenvalue weighted by atomic mass is 79.9. The molecule has 0 radical (unpaired) electrons. The van der Waals surface area contributed by atoms with Crippen molar-refractivity contribution in [3.63, 3.8) is 0 Å². The molecule has 2 rings (SSSR count). The summed E-state index contributed by atoms with van der Waals surface area (Å²) in [5.74, 6) is 0.865. The monoisotopic (exact) mass is 296 g/mol. The summed E-state index contributed by atoms with van der Waals surface area (Å²) in [5.41, 5.74) is 1.27. The van der Waals surface area contributed by atoms with Crippen molar-refractivity contribution in [3.05, 3.63) is 35.9 Å². The molecule has 2 heteroatoms. The van der Waals surface area contributed by atoms with Gasteiger partial charge in [-0.05, 0) is 30.7 Å². The summed E-state index contributed by atoms with van der Waals surface area (Å²) in [4.78, 5) is 0.746. The highest BCUT2D eigenvalue weighted by Gasteiger charge is 2.19. The van der Waals surface area contributed by atoms with Crippen molar-refractivity contribution in [2.24, 2.45) is 5.92 Å². The maximum absolute atomic E-state index is 5.74. The minimum Gasteiger partial charge on any atom is -0.377 e. The van der Waals surface area contributed by atoms with Gasteiger partial charge in [-0.3, -0.25) is 0 Å². The third-order valence-electron chi connectivity index (χ3n) is 3.50. The summed E-state index contributed by atoms with van der Waals surface area (Å²) in [7, 11) is 0. The van der Waals surface area contributed by atoms with Crippen LogP contribution in [0, 0.1) is 5.92 Å². The summed E-state index contributed by atoms with van der Waals surface area (Å²) in [6, 6.07) is 10.4. The first kappa shape index (κ1) is 13.1. The van der Waals surface area contributed by atoms with E-state index in [2.05, 4.69) is 40.2 Å². The summed E-state index contributed by atoms with van der Waals surface area (Å²) in [5, 5.41) is 0. The Balaban J connectivity index is 1.60. The lowest BCUT2D eigenvalue weighted by Gasteiger charge is -2.25. The van der Waals surface area contributed by atoms with E-state index in [1.54, 1.807) is 0 Å². The van der Waals surface area contributed by atoms with Gasteiger partial charge in [-0.25, -0.2) is 0 Å².